The second-order valence-corrected chi connectivity index (χ2v) is 7.35. The van der Waals surface area contributed by atoms with Crippen molar-refractivity contribution in [2.45, 2.75) is 76.7 Å². The third-order valence-electron chi connectivity index (χ3n) is 4.80. The lowest BCUT2D eigenvalue weighted by atomic mass is 9.94. The van der Waals surface area contributed by atoms with E-state index < -0.39 is 0 Å². The largest absolute Gasteiger partial charge is 0.490 e. The fourth-order valence-electron chi connectivity index (χ4n) is 3.60. The molecule has 0 spiro atoms. The summed E-state index contributed by atoms with van der Waals surface area (Å²) in [5.74, 6) is 1.03. The summed E-state index contributed by atoms with van der Waals surface area (Å²) in [5.41, 5.74) is 1.31. The first kappa shape index (κ1) is 15.8. The van der Waals surface area contributed by atoms with Crippen molar-refractivity contribution in [2.75, 3.05) is 6.61 Å². The van der Waals surface area contributed by atoms with Gasteiger partial charge in [0, 0.05) is 19.2 Å². The van der Waals surface area contributed by atoms with Crippen LogP contribution in [0.15, 0.2) is 24.3 Å². The van der Waals surface area contributed by atoms with Crippen LogP contribution in [0.5, 0.6) is 5.75 Å². The number of benzene rings is 1. The molecule has 1 atom stereocenters. The summed E-state index contributed by atoms with van der Waals surface area (Å²) in [6, 6.07) is 9.10. The zero-order chi connectivity index (χ0) is 15.4. The van der Waals surface area contributed by atoms with E-state index in [1.54, 1.807) is 0 Å². The molecule has 1 heterocycles. The number of ether oxygens (including phenoxy) is 2. The minimum atomic E-state index is 0.00332. The summed E-state index contributed by atoms with van der Waals surface area (Å²) < 4.78 is 11.9. The molecule has 1 unspecified atom stereocenters. The van der Waals surface area contributed by atoms with Gasteiger partial charge in [0.2, 0.25) is 0 Å². The van der Waals surface area contributed by atoms with Gasteiger partial charge in [0.25, 0.3) is 0 Å². The van der Waals surface area contributed by atoms with Crippen LogP contribution in [0.4, 0.5) is 0 Å². The molecule has 1 saturated carbocycles. The van der Waals surface area contributed by atoms with Crippen LogP contribution in [0.25, 0.3) is 0 Å². The maximum absolute atomic E-state index is 6.09. The van der Waals surface area contributed by atoms with Crippen molar-refractivity contribution in [3.05, 3.63) is 29.8 Å². The van der Waals surface area contributed by atoms with Crippen molar-refractivity contribution < 1.29 is 9.47 Å². The van der Waals surface area contributed by atoms with E-state index >= 15 is 0 Å². The van der Waals surface area contributed by atoms with Crippen LogP contribution < -0.4 is 10.1 Å². The topological polar surface area (TPSA) is 30.5 Å². The van der Waals surface area contributed by atoms with Gasteiger partial charge < -0.3 is 14.8 Å². The lowest BCUT2D eigenvalue weighted by molar-refractivity contribution is -0.0630. The van der Waals surface area contributed by atoms with Crippen molar-refractivity contribution in [2.24, 2.45) is 0 Å². The Bertz CT molecular complexity index is 480. The Labute approximate surface area is 134 Å². The van der Waals surface area contributed by atoms with E-state index in [0.29, 0.717) is 12.1 Å². The predicted octanol–water partition coefficient (Wildman–Crippen LogP) is 4.06. The Balaban J connectivity index is 1.51. The van der Waals surface area contributed by atoms with Crippen LogP contribution in [0, 0.1) is 0 Å². The molecule has 1 saturated heterocycles. The van der Waals surface area contributed by atoms with Gasteiger partial charge in [-0.3, -0.25) is 0 Å². The maximum Gasteiger partial charge on any atom is 0.120 e. The van der Waals surface area contributed by atoms with Gasteiger partial charge in [0.05, 0.1) is 11.7 Å². The molecule has 3 heteroatoms. The number of nitrogens with one attached hydrogen (secondary N) is 1. The van der Waals surface area contributed by atoms with Gasteiger partial charge in [-0.25, -0.2) is 0 Å². The van der Waals surface area contributed by atoms with E-state index in [1.807, 2.05) is 0 Å². The first-order valence-corrected chi connectivity index (χ1v) is 8.74. The minimum Gasteiger partial charge on any atom is -0.490 e. The van der Waals surface area contributed by atoms with Crippen LogP contribution in [0.1, 0.15) is 57.9 Å². The number of hydrogen-bond donors (Lipinski definition) is 1. The third-order valence-corrected chi connectivity index (χ3v) is 4.80. The molecule has 2 aliphatic rings. The van der Waals surface area contributed by atoms with E-state index in [-0.39, 0.29) is 5.60 Å². The van der Waals surface area contributed by atoms with Crippen LogP contribution in [-0.4, -0.2) is 24.4 Å². The fourth-order valence-corrected chi connectivity index (χ4v) is 3.60. The van der Waals surface area contributed by atoms with E-state index in [1.165, 1.54) is 31.2 Å². The van der Waals surface area contributed by atoms with Gasteiger partial charge in [0.1, 0.15) is 5.75 Å². The molecule has 1 aliphatic carbocycles. The number of rotatable bonds is 5. The molecule has 2 fully saturated rings. The molecule has 122 valence electrons. The van der Waals surface area contributed by atoms with Crippen LogP contribution >= 0.6 is 0 Å². The van der Waals surface area contributed by atoms with Crippen LogP contribution in [-0.2, 0) is 11.3 Å². The van der Waals surface area contributed by atoms with Gasteiger partial charge in [-0.05, 0) is 70.1 Å². The van der Waals surface area contributed by atoms with Crippen molar-refractivity contribution in [1.82, 2.24) is 5.32 Å². The van der Waals surface area contributed by atoms with E-state index in [2.05, 4.69) is 43.4 Å². The lowest BCUT2D eigenvalue weighted by Gasteiger charge is -2.36. The monoisotopic (exact) mass is 303 g/mol. The maximum atomic E-state index is 6.09. The van der Waals surface area contributed by atoms with Crippen molar-refractivity contribution in [1.29, 1.82) is 0 Å². The Kier molecular flexibility index (Phi) is 5.04. The normalized spacial score (nSPS) is 25.3. The summed E-state index contributed by atoms with van der Waals surface area (Å²) in [5, 5.41) is 3.68. The summed E-state index contributed by atoms with van der Waals surface area (Å²) >= 11 is 0. The minimum absolute atomic E-state index is 0.00332. The molecule has 1 aromatic carbocycles. The predicted molar refractivity (Wildman–Crippen MR) is 89.2 cm³/mol. The van der Waals surface area contributed by atoms with Gasteiger partial charge in [-0.2, -0.15) is 0 Å². The molecule has 1 N–H and O–H groups in total. The van der Waals surface area contributed by atoms with Gasteiger partial charge >= 0.3 is 0 Å². The molecule has 3 nitrogen and oxygen atoms in total. The second kappa shape index (κ2) is 7.01. The summed E-state index contributed by atoms with van der Waals surface area (Å²) in [4.78, 5) is 0. The molecule has 1 aliphatic heterocycles. The first-order valence-electron chi connectivity index (χ1n) is 8.74. The van der Waals surface area contributed by atoms with E-state index in [0.717, 1.165) is 31.7 Å². The van der Waals surface area contributed by atoms with Crippen LogP contribution in [0.2, 0.25) is 0 Å². The highest BCUT2D eigenvalue weighted by molar-refractivity contribution is 5.28. The average Bonchev–Trinajstić information content (AvgIpc) is 2.97. The second-order valence-electron chi connectivity index (χ2n) is 7.35. The Morgan fingerprint density at radius 1 is 1.23 bits per heavy atom. The molecule has 22 heavy (non-hydrogen) atoms. The fraction of sp³-hybridized carbons (Fsp3) is 0.684. The first-order chi connectivity index (χ1) is 10.6. The van der Waals surface area contributed by atoms with Gasteiger partial charge in [-0.1, -0.05) is 12.1 Å². The van der Waals surface area contributed by atoms with Crippen molar-refractivity contribution in [3.63, 3.8) is 0 Å². The van der Waals surface area contributed by atoms with Crippen molar-refractivity contribution >= 4 is 0 Å². The van der Waals surface area contributed by atoms with Gasteiger partial charge in [-0.15, -0.1) is 0 Å². The molecular weight excluding hydrogens is 274 g/mol. The highest BCUT2D eigenvalue weighted by Gasteiger charge is 2.28. The molecule has 0 amide bonds. The average molecular weight is 303 g/mol. The highest BCUT2D eigenvalue weighted by atomic mass is 16.5. The quantitative estimate of drug-likeness (QED) is 0.890. The standard InChI is InChI=1S/C19H29NO2/c1-19(2)13-16(10-11-21-19)20-14-15-6-5-9-18(12-15)22-17-7-3-4-8-17/h5-6,9,12,16-17,20H,3-4,7-8,10-11,13-14H2,1-2H3. The van der Waals surface area contributed by atoms with Crippen LogP contribution in [0.3, 0.4) is 0 Å². The van der Waals surface area contributed by atoms with Crippen molar-refractivity contribution in [3.8, 4) is 5.75 Å². The number of hydrogen-bond acceptors (Lipinski definition) is 3. The Morgan fingerprint density at radius 2 is 2.05 bits per heavy atom. The molecule has 0 bridgehead atoms. The zero-order valence-corrected chi connectivity index (χ0v) is 13.9. The molecule has 1 aromatic rings. The summed E-state index contributed by atoms with van der Waals surface area (Å²) in [6.45, 7) is 6.12. The molecular formula is C19H29NO2. The summed E-state index contributed by atoms with van der Waals surface area (Å²) in [7, 11) is 0. The third kappa shape index (κ3) is 4.47. The molecule has 0 aromatic heterocycles. The Morgan fingerprint density at radius 3 is 2.82 bits per heavy atom. The van der Waals surface area contributed by atoms with E-state index in [9.17, 15) is 0 Å². The molecule has 0 radical (unpaired) electrons. The Hall–Kier alpha value is -1.06. The van der Waals surface area contributed by atoms with E-state index in [4.69, 9.17) is 9.47 Å². The summed E-state index contributed by atoms with van der Waals surface area (Å²) in [6.07, 6.45) is 7.64. The van der Waals surface area contributed by atoms with Gasteiger partial charge in [0.15, 0.2) is 0 Å². The highest BCUT2D eigenvalue weighted by Crippen LogP contribution is 2.26. The SMILES string of the molecule is CC1(C)CC(NCc2cccc(OC3CCCC3)c2)CCO1. The molecule has 3 rings (SSSR count). The zero-order valence-electron chi connectivity index (χ0n) is 13.9. The lowest BCUT2D eigenvalue weighted by Crippen LogP contribution is -2.43. The smallest absolute Gasteiger partial charge is 0.120 e.